The van der Waals surface area contributed by atoms with Crippen molar-refractivity contribution in [1.82, 2.24) is 4.98 Å². The quantitative estimate of drug-likeness (QED) is 0.622. The Balaban J connectivity index is 2.53. The van der Waals surface area contributed by atoms with Crippen LogP contribution in [0.15, 0.2) is 24.4 Å². The molecule has 0 unspecified atom stereocenters. The van der Waals surface area contributed by atoms with Gasteiger partial charge in [0.15, 0.2) is 0 Å². The lowest BCUT2D eigenvalue weighted by Crippen LogP contribution is -2.00. The van der Waals surface area contributed by atoms with E-state index >= 15 is 0 Å². The van der Waals surface area contributed by atoms with Gasteiger partial charge in [0, 0.05) is 11.8 Å². The molecule has 0 saturated carbocycles. The molecule has 1 heterocycles. The Morgan fingerprint density at radius 1 is 1.14 bits per heavy atom. The van der Waals surface area contributed by atoms with Gasteiger partial charge in [-0.15, -0.1) is 0 Å². The molecule has 0 saturated heterocycles. The smallest absolute Gasteiger partial charge is 0.334 e. The first-order chi connectivity index (χ1) is 10.3. The standard InChI is InChI=1S/C13H10ClN3O5/c1-7-3-4-15-13(12(7)17(20)21)22-11-6-10(16(18)19)9(14)5-8(11)2/h3-6H,1-2H3. The average Bonchev–Trinajstić information content (AvgIpc) is 2.41. The lowest BCUT2D eigenvalue weighted by Gasteiger charge is -2.09. The van der Waals surface area contributed by atoms with E-state index in [9.17, 15) is 20.2 Å². The minimum absolute atomic E-state index is 0.0402. The van der Waals surface area contributed by atoms with Crippen molar-refractivity contribution >= 4 is 23.0 Å². The summed E-state index contributed by atoms with van der Waals surface area (Å²) < 4.78 is 5.41. The van der Waals surface area contributed by atoms with Crippen molar-refractivity contribution in [2.24, 2.45) is 0 Å². The Morgan fingerprint density at radius 2 is 1.82 bits per heavy atom. The van der Waals surface area contributed by atoms with Gasteiger partial charge >= 0.3 is 5.69 Å². The second-order valence-corrected chi connectivity index (χ2v) is 4.87. The largest absolute Gasteiger partial charge is 0.433 e. The van der Waals surface area contributed by atoms with Gasteiger partial charge < -0.3 is 4.74 Å². The Labute approximate surface area is 129 Å². The number of pyridine rings is 1. The van der Waals surface area contributed by atoms with Gasteiger partial charge in [0.05, 0.1) is 15.9 Å². The summed E-state index contributed by atoms with van der Waals surface area (Å²) in [4.78, 5) is 24.6. The van der Waals surface area contributed by atoms with E-state index in [0.29, 0.717) is 11.1 Å². The molecule has 8 nitrogen and oxygen atoms in total. The molecule has 114 valence electrons. The second kappa shape index (κ2) is 5.94. The number of nitro benzene ring substituents is 1. The molecule has 0 atom stereocenters. The molecular weight excluding hydrogens is 314 g/mol. The van der Waals surface area contributed by atoms with Gasteiger partial charge in [-0.2, -0.15) is 0 Å². The third kappa shape index (κ3) is 2.96. The van der Waals surface area contributed by atoms with Crippen LogP contribution in [0.4, 0.5) is 11.4 Å². The van der Waals surface area contributed by atoms with Gasteiger partial charge in [0.25, 0.3) is 11.6 Å². The lowest BCUT2D eigenvalue weighted by atomic mass is 10.2. The van der Waals surface area contributed by atoms with Gasteiger partial charge in [0.2, 0.25) is 0 Å². The van der Waals surface area contributed by atoms with E-state index in [2.05, 4.69) is 4.98 Å². The first kappa shape index (κ1) is 15.6. The van der Waals surface area contributed by atoms with Crippen LogP contribution >= 0.6 is 11.6 Å². The number of ether oxygens (including phenoxy) is 1. The van der Waals surface area contributed by atoms with Crippen LogP contribution < -0.4 is 4.74 Å². The zero-order valence-corrected chi connectivity index (χ0v) is 12.3. The SMILES string of the molecule is Cc1cc(Cl)c([N+](=O)[O-])cc1Oc1nccc(C)c1[N+](=O)[O-]. The summed E-state index contributed by atoms with van der Waals surface area (Å²) in [6.07, 6.45) is 1.36. The predicted molar refractivity (Wildman–Crippen MR) is 78.5 cm³/mol. The third-order valence-electron chi connectivity index (χ3n) is 2.92. The van der Waals surface area contributed by atoms with Crippen molar-refractivity contribution < 1.29 is 14.6 Å². The molecule has 0 aliphatic heterocycles. The molecule has 9 heteroatoms. The van der Waals surface area contributed by atoms with Crippen LogP contribution in [0.1, 0.15) is 11.1 Å². The molecule has 2 rings (SSSR count). The molecule has 0 amide bonds. The summed E-state index contributed by atoms with van der Waals surface area (Å²) >= 11 is 5.79. The van der Waals surface area contributed by atoms with Crippen LogP contribution in [0, 0.1) is 34.1 Å². The van der Waals surface area contributed by atoms with E-state index in [4.69, 9.17) is 16.3 Å². The number of nitrogens with zero attached hydrogens (tertiary/aromatic N) is 3. The third-order valence-corrected chi connectivity index (χ3v) is 3.23. The summed E-state index contributed by atoms with van der Waals surface area (Å²) in [6.45, 7) is 3.16. The van der Waals surface area contributed by atoms with Crippen LogP contribution in [0.5, 0.6) is 11.6 Å². The minimum atomic E-state index is -0.660. The highest BCUT2D eigenvalue weighted by molar-refractivity contribution is 6.32. The molecule has 1 aromatic heterocycles. The van der Waals surface area contributed by atoms with E-state index in [1.54, 1.807) is 13.8 Å². The highest BCUT2D eigenvalue weighted by atomic mass is 35.5. The van der Waals surface area contributed by atoms with Crippen molar-refractivity contribution in [3.63, 3.8) is 0 Å². The molecule has 0 aliphatic carbocycles. The molecule has 0 bridgehead atoms. The lowest BCUT2D eigenvalue weighted by molar-refractivity contribution is -0.386. The van der Waals surface area contributed by atoms with E-state index in [0.717, 1.165) is 6.07 Å². The van der Waals surface area contributed by atoms with Crippen molar-refractivity contribution in [2.75, 3.05) is 0 Å². The maximum atomic E-state index is 11.1. The van der Waals surface area contributed by atoms with Crippen molar-refractivity contribution in [3.8, 4) is 11.6 Å². The average molecular weight is 324 g/mol. The number of nitro groups is 2. The first-order valence-electron chi connectivity index (χ1n) is 6.03. The Hall–Kier alpha value is -2.74. The normalized spacial score (nSPS) is 10.3. The number of halogens is 1. The van der Waals surface area contributed by atoms with Crippen LogP contribution in [0.2, 0.25) is 5.02 Å². The van der Waals surface area contributed by atoms with Crippen LogP contribution in [-0.2, 0) is 0 Å². The fourth-order valence-electron chi connectivity index (χ4n) is 1.82. The Morgan fingerprint density at radius 3 is 2.41 bits per heavy atom. The highest BCUT2D eigenvalue weighted by Crippen LogP contribution is 2.37. The maximum Gasteiger partial charge on any atom is 0.334 e. The van der Waals surface area contributed by atoms with Crippen molar-refractivity contribution in [2.45, 2.75) is 13.8 Å². The van der Waals surface area contributed by atoms with Gasteiger partial charge in [-0.1, -0.05) is 11.6 Å². The van der Waals surface area contributed by atoms with Crippen molar-refractivity contribution in [1.29, 1.82) is 0 Å². The maximum absolute atomic E-state index is 11.1. The van der Waals surface area contributed by atoms with Crippen LogP contribution in [0.3, 0.4) is 0 Å². The van der Waals surface area contributed by atoms with Gasteiger partial charge in [-0.25, -0.2) is 4.98 Å². The minimum Gasteiger partial charge on any atom is -0.433 e. The fourth-order valence-corrected chi connectivity index (χ4v) is 2.11. The number of hydrogen-bond donors (Lipinski definition) is 0. The van der Waals surface area contributed by atoms with E-state index in [1.165, 1.54) is 18.3 Å². The molecular formula is C13H10ClN3O5. The Bertz CT molecular complexity index is 779. The Kier molecular flexibility index (Phi) is 4.22. The number of aryl methyl sites for hydroxylation is 2. The van der Waals surface area contributed by atoms with E-state index in [-0.39, 0.29) is 28.0 Å². The summed E-state index contributed by atoms with van der Waals surface area (Å²) in [7, 11) is 0. The molecule has 2 aromatic rings. The second-order valence-electron chi connectivity index (χ2n) is 4.47. The molecule has 0 spiro atoms. The van der Waals surface area contributed by atoms with Crippen molar-refractivity contribution in [3.05, 3.63) is 60.8 Å². The molecule has 22 heavy (non-hydrogen) atoms. The molecule has 0 aliphatic rings. The highest BCUT2D eigenvalue weighted by Gasteiger charge is 2.23. The summed E-state index contributed by atoms with van der Waals surface area (Å²) in [5.41, 5.74) is 0.224. The van der Waals surface area contributed by atoms with Crippen LogP contribution in [0.25, 0.3) is 0 Å². The topological polar surface area (TPSA) is 108 Å². The zero-order valence-electron chi connectivity index (χ0n) is 11.6. The van der Waals surface area contributed by atoms with Gasteiger partial charge in [-0.3, -0.25) is 20.2 Å². The van der Waals surface area contributed by atoms with E-state index in [1.807, 2.05) is 0 Å². The predicted octanol–water partition coefficient (Wildman–Crippen LogP) is 3.96. The van der Waals surface area contributed by atoms with Gasteiger partial charge in [-0.05, 0) is 31.5 Å². The number of hydrogen-bond acceptors (Lipinski definition) is 6. The molecule has 0 radical (unpaired) electrons. The van der Waals surface area contributed by atoms with E-state index < -0.39 is 9.85 Å². The van der Waals surface area contributed by atoms with Crippen LogP contribution in [-0.4, -0.2) is 14.8 Å². The first-order valence-corrected chi connectivity index (χ1v) is 6.41. The molecule has 0 N–H and O–H groups in total. The molecule has 1 aromatic carbocycles. The summed E-state index contributed by atoms with van der Waals surface area (Å²) in [5.74, 6) is -0.151. The summed E-state index contributed by atoms with van der Waals surface area (Å²) in [6, 6.07) is 3.95. The fraction of sp³-hybridized carbons (Fsp3) is 0.154. The number of aromatic nitrogens is 1. The zero-order chi connectivity index (χ0) is 16.4. The molecule has 0 fully saturated rings. The van der Waals surface area contributed by atoms with Gasteiger partial charge in [0.1, 0.15) is 10.8 Å². The number of rotatable bonds is 4. The number of benzene rings is 1. The monoisotopic (exact) mass is 323 g/mol. The summed E-state index contributed by atoms with van der Waals surface area (Å²) in [5, 5.41) is 22.0.